The molecule has 1 amide bonds. The fourth-order valence-corrected chi connectivity index (χ4v) is 1.59. The maximum Gasteiger partial charge on any atom is 0.416 e. The molecule has 0 N–H and O–H groups in total. The van der Waals surface area contributed by atoms with Crippen molar-refractivity contribution in [1.29, 1.82) is 0 Å². The van der Waals surface area contributed by atoms with E-state index < -0.39 is 17.8 Å². The van der Waals surface area contributed by atoms with Crippen molar-refractivity contribution in [2.45, 2.75) is 19.2 Å². The van der Waals surface area contributed by atoms with E-state index in [1.807, 2.05) is 0 Å². The van der Waals surface area contributed by atoms with Gasteiger partial charge in [0.2, 0.25) is 0 Å². The summed E-state index contributed by atoms with van der Waals surface area (Å²) in [5, 5.41) is 0. The molecule has 1 aliphatic heterocycles. The molecule has 17 heavy (non-hydrogen) atoms. The van der Waals surface area contributed by atoms with Crippen molar-refractivity contribution in [2.75, 3.05) is 11.6 Å². The molecule has 1 fully saturated rings. The summed E-state index contributed by atoms with van der Waals surface area (Å²) in [4.78, 5) is 12.8. The molecule has 0 radical (unpaired) electrons. The molecule has 0 aromatic heterocycles. The van der Waals surface area contributed by atoms with Crippen LogP contribution in [0.4, 0.5) is 18.9 Å². The van der Waals surface area contributed by atoms with Crippen molar-refractivity contribution in [3.05, 3.63) is 29.8 Å². The van der Waals surface area contributed by atoms with Crippen LogP contribution in [0, 0.1) is 0 Å². The summed E-state index contributed by atoms with van der Waals surface area (Å²) in [5.41, 5.74) is -0.573. The number of ether oxygens (including phenoxy) is 1. The van der Waals surface area contributed by atoms with Crippen molar-refractivity contribution >= 4 is 11.6 Å². The van der Waals surface area contributed by atoms with Gasteiger partial charge in [0, 0.05) is 5.69 Å². The lowest BCUT2D eigenvalue weighted by Crippen LogP contribution is -2.28. The second kappa shape index (κ2) is 4.03. The van der Waals surface area contributed by atoms with Gasteiger partial charge in [-0.3, -0.25) is 9.69 Å². The Bertz CT molecular complexity index is 445. The molecule has 6 heteroatoms. The van der Waals surface area contributed by atoms with Crippen molar-refractivity contribution < 1.29 is 22.7 Å². The molecule has 0 aliphatic carbocycles. The molecule has 2 rings (SSSR count). The highest BCUT2D eigenvalue weighted by atomic mass is 19.4. The third kappa shape index (κ3) is 2.26. The molecular weight excluding hydrogens is 235 g/mol. The molecule has 1 aromatic carbocycles. The zero-order valence-electron chi connectivity index (χ0n) is 8.99. The van der Waals surface area contributed by atoms with Gasteiger partial charge in [0.05, 0.1) is 5.56 Å². The molecule has 0 saturated carbocycles. The van der Waals surface area contributed by atoms with Crippen LogP contribution in [-0.4, -0.2) is 18.7 Å². The van der Waals surface area contributed by atoms with Gasteiger partial charge in [-0.1, -0.05) is 6.07 Å². The van der Waals surface area contributed by atoms with Gasteiger partial charge in [0.25, 0.3) is 5.91 Å². The lowest BCUT2D eigenvalue weighted by atomic mass is 10.2. The van der Waals surface area contributed by atoms with Crippen LogP contribution in [-0.2, 0) is 15.7 Å². The number of alkyl halides is 3. The standard InChI is InChI=1S/C11H10F3NO2/c1-7-10(16)15(6-17-7)9-4-2-3-8(5-9)11(12,13)14/h2-5,7H,6H2,1H3. The first-order valence-corrected chi connectivity index (χ1v) is 5.00. The smallest absolute Gasteiger partial charge is 0.348 e. The number of hydrogen-bond donors (Lipinski definition) is 0. The second-order valence-corrected chi connectivity index (χ2v) is 3.75. The van der Waals surface area contributed by atoms with Crippen LogP contribution in [0.2, 0.25) is 0 Å². The summed E-state index contributed by atoms with van der Waals surface area (Å²) in [5.74, 6) is -0.329. The monoisotopic (exact) mass is 245 g/mol. The fraction of sp³-hybridized carbons (Fsp3) is 0.364. The topological polar surface area (TPSA) is 29.5 Å². The van der Waals surface area contributed by atoms with E-state index in [0.717, 1.165) is 12.1 Å². The molecule has 1 aromatic rings. The number of benzene rings is 1. The fourth-order valence-electron chi connectivity index (χ4n) is 1.59. The number of rotatable bonds is 1. The van der Waals surface area contributed by atoms with Crippen LogP contribution < -0.4 is 4.90 Å². The van der Waals surface area contributed by atoms with E-state index in [2.05, 4.69) is 0 Å². The minimum atomic E-state index is -4.41. The Morgan fingerprint density at radius 2 is 2.12 bits per heavy atom. The Labute approximate surface area is 95.8 Å². The Kier molecular flexibility index (Phi) is 2.82. The summed E-state index contributed by atoms with van der Waals surface area (Å²) in [6.45, 7) is 1.55. The summed E-state index contributed by atoms with van der Waals surface area (Å²) in [6, 6.07) is 4.64. The van der Waals surface area contributed by atoms with Gasteiger partial charge < -0.3 is 4.74 Å². The highest BCUT2D eigenvalue weighted by Crippen LogP contribution is 2.32. The highest BCUT2D eigenvalue weighted by molar-refractivity contribution is 5.97. The minimum absolute atomic E-state index is 0.0126. The molecule has 92 valence electrons. The van der Waals surface area contributed by atoms with Gasteiger partial charge in [-0.25, -0.2) is 0 Å². The molecule has 0 spiro atoms. The van der Waals surface area contributed by atoms with Crippen LogP contribution in [0.3, 0.4) is 0 Å². The Morgan fingerprint density at radius 3 is 2.65 bits per heavy atom. The van der Waals surface area contributed by atoms with Gasteiger partial charge >= 0.3 is 6.18 Å². The van der Waals surface area contributed by atoms with E-state index in [-0.39, 0.29) is 18.3 Å². The van der Waals surface area contributed by atoms with Crippen LogP contribution in [0.1, 0.15) is 12.5 Å². The average Bonchev–Trinajstić information content (AvgIpc) is 2.59. The quantitative estimate of drug-likeness (QED) is 0.760. The summed E-state index contributed by atoms with van der Waals surface area (Å²) in [7, 11) is 0. The molecular formula is C11H10F3NO2. The molecule has 1 unspecified atom stereocenters. The van der Waals surface area contributed by atoms with E-state index in [1.165, 1.54) is 17.0 Å². The largest absolute Gasteiger partial charge is 0.416 e. The van der Waals surface area contributed by atoms with E-state index >= 15 is 0 Å². The Hall–Kier alpha value is -1.56. The van der Waals surface area contributed by atoms with E-state index in [1.54, 1.807) is 6.92 Å². The minimum Gasteiger partial charge on any atom is -0.348 e. The van der Waals surface area contributed by atoms with Gasteiger partial charge in [-0.15, -0.1) is 0 Å². The molecule has 1 atom stereocenters. The third-order valence-electron chi connectivity index (χ3n) is 2.55. The number of hydrogen-bond acceptors (Lipinski definition) is 2. The molecule has 0 bridgehead atoms. The number of halogens is 3. The Morgan fingerprint density at radius 1 is 1.41 bits per heavy atom. The summed E-state index contributed by atoms with van der Waals surface area (Å²) in [6.07, 6.45) is -5.02. The second-order valence-electron chi connectivity index (χ2n) is 3.75. The number of anilines is 1. The van der Waals surface area contributed by atoms with Crippen LogP contribution >= 0.6 is 0 Å². The van der Waals surface area contributed by atoms with Crippen molar-refractivity contribution in [1.82, 2.24) is 0 Å². The van der Waals surface area contributed by atoms with Gasteiger partial charge in [0.15, 0.2) is 0 Å². The highest BCUT2D eigenvalue weighted by Gasteiger charge is 2.33. The SMILES string of the molecule is CC1OCN(c2cccc(C(F)(F)F)c2)C1=O. The predicted octanol–water partition coefficient (Wildman–Crippen LogP) is 2.41. The first kappa shape index (κ1) is 11.9. The normalized spacial score (nSPS) is 21.1. The number of carbonyl (C=O) groups excluding carboxylic acids is 1. The first-order valence-electron chi connectivity index (χ1n) is 5.00. The number of carbonyl (C=O) groups is 1. The maximum absolute atomic E-state index is 12.5. The van der Waals surface area contributed by atoms with Crippen molar-refractivity contribution in [3.8, 4) is 0 Å². The molecule has 3 nitrogen and oxygen atoms in total. The number of amides is 1. The van der Waals surface area contributed by atoms with Crippen LogP contribution in [0.5, 0.6) is 0 Å². The van der Waals surface area contributed by atoms with Gasteiger partial charge in [-0.2, -0.15) is 13.2 Å². The van der Waals surface area contributed by atoms with Crippen molar-refractivity contribution in [3.63, 3.8) is 0 Å². The van der Waals surface area contributed by atoms with Gasteiger partial charge in [-0.05, 0) is 25.1 Å². The van der Waals surface area contributed by atoms with E-state index in [0.29, 0.717) is 0 Å². The zero-order valence-corrected chi connectivity index (χ0v) is 8.99. The molecule has 1 saturated heterocycles. The predicted molar refractivity (Wildman–Crippen MR) is 54.3 cm³/mol. The maximum atomic E-state index is 12.5. The van der Waals surface area contributed by atoms with Crippen LogP contribution in [0.15, 0.2) is 24.3 Å². The third-order valence-corrected chi connectivity index (χ3v) is 2.55. The lowest BCUT2D eigenvalue weighted by molar-refractivity contribution is -0.137. The van der Waals surface area contributed by atoms with Crippen LogP contribution in [0.25, 0.3) is 0 Å². The first-order chi connectivity index (χ1) is 7.89. The Balaban J connectivity index is 2.31. The lowest BCUT2D eigenvalue weighted by Gasteiger charge is -2.16. The number of nitrogens with zero attached hydrogens (tertiary/aromatic N) is 1. The summed E-state index contributed by atoms with van der Waals surface area (Å²) < 4.78 is 42.5. The van der Waals surface area contributed by atoms with E-state index in [9.17, 15) is 18.0 Å². The summed E-state index contributed by atoms with van der Waals surface area (Å²) >= 11 is 0. The van der Waals surface area contributed by atoms with E-state index in [4.69, 9.17) is 4.74 Å². The van der Waals surface area contributed by atoms with Gasteiger partial charge in [0.1, 0.15) is 12.8 Å². The zero-order chi connectivity index (χ0) is 12.6. The molecule has 1 aliphatic rings. The average molecular weight is 245 g/mol. The molecule has 1 heterocycles. The van der Waals surface area contributed by atoms with Crippen molar-refractivity contribution in [2.24, 2.45) is 0 Å².